The van der Waals surface area contributed by atoms with Crippen molar-refractivity contribution in [1.82, 2.24) is 5.32 Å². The van der Waals surface area contributed by atoms with Gasteiger partial charge in [-0.05, 0) is 44.0 Å². The van der Waals surface area contributed by atoms with Gasteiger partial charge in [-0.1, -0.05) is 0 Å². The number of benzene rings is 1. The summed E-state index contributed by atoms with van der Waals surface area (Å²) in [6, 6.07) is 6.23. The summed E-state index contributed by atoms with van der Waals surface area (Å²) >= 11 is 1.89. The molecule has 0 spiro atoms. The predicted octanol–water partition coefficient (Wildman–Crippen LogP) is 2.65. The van der Waals surface area contributed by atoms with Gasteiger partial charge in [0.05, 0.1) is 5.37 Å². The van der Waals surface area contributed by atoms with Gasteiger partial charge in [0.2, 0.25) is 0 Å². The molecule has 2 heterocycles. The summed E-state index contributed by atoms with van der Waals surface area (Å²) in [5.41, 5.74) is 0. The SMILES string of the molecule is c1cc2c(cc1SC1CCCCN1)OCCO2. The van der Waals surface area contributed by atoms with Crippen molar-refractivity contribution in [3.63, 3.8) is 0 Å². The van der Waals surface area contributed by atoms with Crippen LogP contribution in [0.25, 0.3) is 0 Å². The molecule has 2 aliphatic rings. The zero-order valence-corrected chi connectivity index (χ0v) is 10.6. The third-order valence-electron chi connectivity index (χ3n) is 3.06. The van der Waals surface area contributed by atoms with Gasteiger partial charge in [-0.25, -0.2) is 0 Å². The molecule has 3 nitrogen and oxygen atoms in total. The van der Waals surface area contributed by atoms with Crippen LogP contribution in [0.5, 0.6) is 11.5 Å². The minimum absolute atomic E-state index is 0.548. The van der Waals surface area contributed by atoms with E-state index in [1.807, 2.05) is 17.8 Å². The van der Waals surface area contributed by atoms with Gasteiger partial charge < -0.3 is 14.8 Å². The second-order valence-electron chi connectivity index (χ2n) is 4.36. The van der Waals surface area contributed by atoms with E-state index in [-0.39, 0.29) is 0 Å². The Hall–Kier alpha value is -0.870. The molecule has 2 aliphatic heterocycles. The van der Waals surface area contributed by atoms with Gasteiger partial charge in [-0.3, -0.25) is 0 Å². The van der Waals surface area contributed by atoms with Crippen LogP contribution in [0, 0.1) is 0 Å². The Labute approximate surface area is 106 Å². The molecule has 1 unspecified atom stereocenters. The highest BCUT2D eigenvalue weighted by Gasteiger charge is 2.16. The summed E-state index contributed by atoms with van der Waals surface area (Å²) in [4.78, 5) is 1.26. The normalized spacial score (nSPS) is 23.4. The average molecular weight is 251 g/mol. The lowest BCUT2D eigenvalue weighted by Crippen LogP contribution is -2.31. The molecule has 1 atom stereocenters. The number of rotatable bonds is 2. The monoisotopic (exact) mass is 251 g/mol. The van der Waals surface area contributed by atoms with Gasteiger partial charge >= 0.3 is 0 Å². The Kier molecular flexibility index (Phi) is 3.43. The molecule has 1 fully saturated rings. The number of piperidine rings is 1. The molecule has 1 aromatic carbocycles. The number of ether oxygens (including phenoxy) is 2. The first-order valence-electron chi connectivity index (χ1n) is 6.21. The maximum Gasteiger partial charge on any atom is 0.162 e. The Balaban J connectivity index is 1.70. The molecule has 0 radical (unpaired) electrons. The van der Waals surface area contributed by atoms with E-state index < -0.39 is 0 Å². The smallest absolute Gasteiger partial charge is 0.162 e. The summed E-state index contributed by atoms with van der Waals surface area (Å²) in [6.07, 6.45) is 3.88. The van der Waals surface area contributed by atoms with Gasteiger partial charge in [0.1, 0.15) is 13.2 Å². The van der Waals surface area contributed by atoms with Crippen molar-refractivity contribution < 1.29 is 9.47 Å². The maximum atomic E-state index is 5.59. The summed E-state index contributed by atoms with van der Waals surface area (Å²) in [5.74, 6) is 1.76. The number of nitrogens with one attached hydrogen (secondary N) is 1. The van der Waals surface area contributed by atoms with E-state index in [1.165, 1.54) is 24.2 Å². The van der Waals surface area contributed by atoms with Gasteiger partial charge in [0.15, 0.2) is 11.5 Å². The first kappa shape index (κ1) is 11.2. The lowest BCUT2D eigenvalue weighted by Gasteiger charge is -2.24. The fourth-order valence-corrected chi connectivity index (χ4v) is 3.32. The molecule has 1 aromatic rings. The molecule has 0 saturated carbocycles. The minimum Gasteiger partial charge on any atom is -0.486 e. The number of hydrogen-bond acceptors (Lipinski definition) is 4. The first-order valence-corrected chi connectivity index (χ1v) is 7.09. The van der Waals surface area contributed by atoms with Crippen molar-refractivity contribution in [2.45, 2.75) is 29.5 Å². The zero-order valence-electron chi connectivity index (χ0n) is 9.78. The lowest BCUT2D eigenvalue weighted by atomic mass is 10.2. The van der Waals surface area contributed by atoms with Gasteiger partial charge in [-0.15, -0.1) is 11.8 Å². The topological polar surface area (TPSA) is 30.5 Å². The molecule has 0 amide bonds. The van der Waals surface area contributed by atoms with E-state index in [0.717, 1.165) is 18.0 Å². The number of thioether (sulfide) groups is 1. The Morgan fingerprint density at radius 2 is 2.00 bits per heavy atom. The fourth-order valence-electron chi connectivity index (χ4n) is 2.18. The molecule has 1 N–H and O–H groups in total. The summed E-state index contributed by atoms with van der Waals surface area (Å²) < 4.78 is 11.1. The highest BCUT2D eigenvalue weighted by Crippen LogP contribution is 2.36. The van der Waals surface area contributed by atoms with E-state index >= 15 is 0 Å². The number of hydrogen-bond donors (Lipinski definition) is 1. The van der Waals surface area contributed by atoms with Crippen molar-refractivity contribution in [1.29, 1.82) is 0 Å². The van der Waals surface area contributed by atoms with Crippen LogP contribution in [-0.4, -0.2) is 25.1 Å². The first-order chi connectivity index (χ1) is 8.42. The predicted molar refractivity (Wildman–Crippen MR) is 68.9 cm³/mol. The summed E-state index contributed by atoms with van der Waals surface area (Å²) in [6.45, 7) is 2.45. The molecule has 0 aromatic heterocycles. The van der Waals surface area contributed by atoms with E-state index in [9.17, 15) is 0 Å². The quantitative estimate of drug-likeness (QED) is 0.875. The highest BCUT2D eigenvalue weighted by atomic mass is 32.2. The van der Waals surface area contributed by atoms with Gasteiger partial charge in [0, 0.05) is 4.90 Å². The van der Waals surface area contributed by atoms with Crippen LogP contribution in [0.4, 0.5) is 0 Å². The lowest BCUT2D eigenvalue weighted by molar-refractivity contribution is 0.171. The molecule has 92 valence electrons. The van der Waals surface area contributed by atoms with Crippen molar-refractivity contribution in [2.75, 3.05) is 19.8 Å². The Morgan fingerprint density at radius 3 is 2.82 bits per heavy atom. The van der Waals surface area contributed by atoms with E-state index in [0.29, 0.717) is 18.6 Å². The molecular weight excluding hydrogens is 234 g/mol. The second-order valence-corrected chi connectivity index (χ2v) is 5.64. The van der Waals surface area contributed by atoms with Crippen LogP contribution in [0.15, 0.2) is 23.1 Å². The van der Waals surface area contributed by atoms with Gasteiger partial charge in [-0.2, -0.15) is 0 Å². The molecule has 0 bridgehead atoms. The van der Waals surface area contributed by atoms with Crippen LogP contribution in [0.2, 0.25) is 0 Å². The average Bonchev–Trinajstić information content (AvgIpc) is 2.40. The van der Waals surface area contributed by atoms with E-state index in [4.69, 9.17) is 9.47 Å². The van der Waals surface area contributed by atoms with Crippen LogP contribution >= 0.6 is 11.8 Å². The Bertz CT molecular complexity index is 391. The third kappa shape index (κ3) is 2.69. The largest absolute Gasteiger partial charge is 0.486 e. The highest BCUT2D eigenvalue weighted by molar-refractivity contribution is 7.99. The molecule has 4 heteroatoms. The van der Waals surface area contributed by atoms with Gasteiger partial charge in [0.25, 0.3) is 0 Å². The Morgan fingerprint density at radius 1 is 1.12 bits per heavy atom. The molecule has 17 heavy (non-hydrogen) atoms. The van der Waals surface area contributed by atoms with Crippen LogP contribution in [0.1, 0.15) is 19.3 Å². The summed E-state index contributed by atoms with van der Waals surface area (Å²) in [5, 5.41) is 4.09. The molecule has 1 saturated heterocycles. The second kappa shape index (κ2) is 5.19. The van der Waals surface area contributed by atoms with Crippen molar-refractivity contribution >= 4 is 11.8 Å². The van der Waals surface area contributed by atoms with Crippen LogP contribution in [-0.2, 0) is 0 Å². The van der Waals surface area contributed by atoms with E-state index in [1.54, 1.807) is 0 Å². The van der Waals surface area contributed by atoms with Crippen LogP contribution < -0.4 is 14.8 Å². The van der Waals surface area contributed by atoms with Crippen LogP contribution in [0.3, 0.4) is 0 Å². The van der Waals surface area contributed by atoms with E-state index in [2.05, 4.69) is 17.4 Å². The molecule has 3 rings (SSSR count). The maximum absolute atomic E-state index is 5.59. The third-order valence-corrected chi connectivity index (χ3v) is 4.27. The molecule has 0 aliphatic carbocycles. The number of fused-ring (bicyclic) bond motifs is 1. The fraction of sp³-hybridized carbons (Fsp3) is 0.538. The summed E-state index contributed by atoms with van der Waals surface area (Å²) in [7, 11) is 0. The van der Waals surface area contributed by atoms with Crippen molar-refractivity contribution in [3.8, 4) is 11.5 Å². The van der Waals surface area contributed by atoms with Crippen molar-refractivity contribution in [2.24, 2.45) is 0 Å². The zero-order chi connectivity index (χ0) is 11.5. The minimum atomic E-state index is 0.548. The standard InChI is InChI=1S/C13H17NO2S/c1-2-6-14-13(3-1)17-10-4-5-11-12(9-10)16-8-7-15-11/h4-5,9,13-14H,1-3,6-8H2. The molecular formula is C13H17NO2S. The van der Waals surface area contributed by atoms with Crippen molar-refractivity contribution in [3.05, 3.63) is 18.2 Å².